The van der Waals surface area contributed by atoms with Gasteiger partial charge in [-0.05, 0) is 31.1 Å². The van der Waals surface area contributed by atoms with Crippen molar-refractivity contribution >= 4 is 5.91 Å². The lowest BCUT2D eigenvalue weighted by Crippen LogP contribution is -2.69. The van der Waals surface area contributed by atoms with Crippen LogP contribution in [0.1, 0.15) is 33.1 Å². The van der Waals surface area contributed by atoms with Gasteiger partial charge >= 0.3 is 48.4 Å². The molecule has 38 heavy (non-hydrogen) atoms. The van der Waals surface area contributed by atoms with Gasteiger partial charge in [-0.15, -0.1) is 0 Å². The summed E-state index contributed by atoms with van der Waals surface area (Å²) < 4.78 is 227. The van der Waals surface area contributed by atoms with Crippen LogP contribution < -0.4 is 5.32 Å². The van der Waals surface area contributed by atoms with E-state index in [1.807, 2.05) is 0 Å². The Morgan fingerprint density at radius 1 is 0.632 bits per heavy atom. The van der Waals surface area contributed by atoms with Crippen molar-refractivity contribution in [2.24, 2.45) is 11.8 Å². The van der Waals surface area contributed by atoms with E-state index in [9.17, 15) is 79.4 Å². The summed E-state index contributed by atoms with van der Waals surface area (Å²) in [6.45, 7) is 3.12. The van der Waals surface area contributed by atoms with Crippen LogP contribution in [0.15, 0.2) is 0 Å². The van der Waals surface area contributed by atoms with Crippen LogP contribution in [0.4, 0.5) is 74.6 Å². The molecule has 1 saturated carbocycles. The summed E-state index contributed by atoms with van der Waals surface area (Å²) in [6.07, 6.45) is -38.7. The van der Waals surface area contributed by atoms with Gasteiger partial charge in [0.05, 0.1) is 0 Å². The van der Waals surface area contributed by atoms with Crippen LogP contribution in [0.2, 0.25) is 0 Å². The molecular weight excluding hydrogens is 589 g/mol. The number of alkyl halides is 17. The highest BCUT2D eigenvalue weighted by atomic mass is 19.4. The van der Waals surface area contributed by atoms with Crippen LogP contribution in [0.3, 0.4) is 0 Å². The largest absolute Gasteiger partial charge is 0.462 e. The number of ether oxygens (including phenoxy) is 2. The van der Waals surface area contributed by atoms with Crippen LogP contribution >= 0.6 is 0 Å². The zero-order valence-corrected chi connectivity index (χ0v) is 18.5. The number of halogens is 17. The summed E-state index contributed by atoms with van der Waals surface area (Å²) in [5.74, 6) is -26.4. The Balaban J connectivity index is 3.51. The van der Waals surface area contributed by atoms with Crippen LogP contribution in [-0.2, 0) is 14.3 Å². The van der Waals surface area contributed by atoms with Crippen LogP contribution in [0, 0.1) is 11.8 Å². The third kappa shape index (κ3) is 6.16. The fourth-order valence-electron chi connectivity index (χ4n) is 3.12. The number of amides is 1. The Kier molecular flexibility index (Phi) is 9.00. The first-order valence-corrected chi connectivity index (χ1v) is 9.89. The van der Waals surface area contributed by atoms with Crippen LogP contribution in [0.5, 0.6) is 0 Å². The normalized spacial score (nSPS) is 25.9. The zero-order chi connectivity index (χ0) is 30.6. The molecule has 0 bridgehead atoms. The van der Waals surface area contributed by atoms with E-state index in [1.54, 1.807) is 6.92 Å². The second-order valence-electron chi connectivity index (χ2n) is 8.43. The van der Waals surface area contributed by atoms with Gasteiger partial charge in [0.15, 0.2) is 0 Å². The molecule has 0 aromatic carbocycles. The van der Waals surface area contributed by atoms with Gasteiger partial charge in [0.25, 0.3) is 5.91 Å². The zero-order valence-electron chi connectivity index (χ0n) is 18.5. The molecule has 0 heterocycles. The lowest BCUT2D eigenvalue weighted by atomic mass is 9.79. The first-order chi connectivity index (χ1) is 16.5. The van der Waals surface area contributed by atoms with E-state index in [0.29, 0.717) is 0 Å². The maximum atomic E-state index is 14.5. The highest BCUT2D eigenvalue weighted by molar-refractivity contribution is 5.84. The third-order valence-electron chi connectivity index (χ3n) is 5.59. The molecular formula is C17H16F17NO3. The summed E-state index contributed by atoms with van der Waals surface area (Å²) in [5.41, 5.74) is 0. The molecule has 0 radical (unpaired) electrons. The minimum Gasteiger partial charge on any atom is -0.348 e. The molecule has 0 aliphatic heterocycles. The molecule has 21 heteroatoms. The molecule has 5 atom stereocenters. The van der Waals surface area contributed by atoms with Crippen molar-refractivity contribution in [2.45, 2.75) is 87.5 Å². The second kappa shape index (κ2) is 9.99. The lowest BCUT2D eigenvalue weighted by Gasteiger charge is -2.40. The Labute approximate surface area is 200 Å². The van der Waals surface area contributed by atoms with Gasteiger partial charge < -0.3 is 5.32 Å². The molecule has 0 aromatic rings. The fraction of sp³-hybridized carbons (Fsp3) is 0.941. The fourth-order valence-corrected chi connectivity index (χ4v) is 3.12. The van der Waals surface area contributed by atoms with Crippen molar-refractivity contribution in [3.05, 3.63) is 0 Å². The van der Waals surface area contributed by atoms with Crippen LogP contribution in [0.25, 0.3) is 0 Å². The predicted octanol–water partition coefficient (Wildman–Crippen LogP) is 6.80. The van der Waals surface area contributed by atoms with E-state index < -0.39 is 66.2 Å². The van der Waals surface area contributed by atoms with Gasteiger partial charge in [-0.2, -0.15) is 74.6 Å². The average molecular weight is 605 g/mol. The van der Waals surface area contributed by atoms with Gasteiger partial charge in [-0.3, -0.25) is 14.3 Å². The molecule has 0 unspecified atom stereocenters. The Morgan fingerprint density at radius 3 is 1.47 bits per heavy atom. The smallest absolute Gasteiger partial charge is 0.348 e. The van der Waals surface area contributed by atoms with E-state index >= 15 is 0 Å². The summed E-state index contributed by atoms with van der Waals surface area (Å²) in [7, 11) is 0. The maximum Gasteiger partial charge on any atom is 0.462 e. The van der Waals surface area contributed by atoms with Crippen LogP contribution in [-0.4, -0.2) is 60.3 Å². The van der Waals surface area contributed by atoms with Crippen molar-refractivity contribution in [1.29, 1.82) is 0 Å². The number of carbonyl (C=O) groups is 1. The molecule has 0 aromatic heterocycles. The Morgan fingerprint density at radius 2 is 1.11 bits per heavy atom. The lowest BCUT2D eigenvalue weighted by molar-refractivity contribution is -0.548. The van der Waals surface area contributed by atoms with E-state index in [-0.39, 0.29) is 25.2 Å². The average Bonchev–Trinajstić information content (AvgIpc) is 2.67. The Bertz CT molecular complexity index is 854. The molecule has 1 N–H and O–H groups in total. The minimum absolute atomic E-state index is 0.117. The van der Waals surface area contributed by atoms with E-state index in [1.165, 1.54) is 17.0 Å². The summed E-state index contributed by atoms with van der Waals surface area (Å²) in [4.78, 5) is 11.9. The van der Waals surface area contributed by atoms with Gasteiger partial charge in [0.2, 0.25) is 0 Å². The molecule has 1 aliphatic rings. The van der Waals surface area contributed by atoms with Crippen molar-refractivity contribution in [3.8, 4) is 0 Å². The van der Waals surface area contributed by atoms with Crippen molar-refractivity contribution in [2.75, 3.05) is 0 Å². The SMILES string of the molecule is C[C@@H]1CC[C@H](NC(=O)[C@](F)(OC(F)(F)[C@](F)(OC(F)(F)C(F)(F)C(F)(F)F)C(F)(F)F)C(F)(F)F)C[C@@H]1C. The number of carbonyl (C=O) groups excluding carboxylic acids is 1. The van der Waals surface area contributed by atoms with Crippen molar-refractivity contribution < 1.29 is 88.9 Å². The van der Waals surface area contributed by atoms with E-state index in [2.05, 4.69) is 4.74 Å². The summed E-state index contributed by atoms with van der Waals surface area (Å²) in [6, 6.07) is -1.45. The minimum atomic E-state index is -8.02. The molecule has 0 saturated heterocycles. The summed E-state index contributed by atoms with van der Waals surface area (Å²) >= 11 is 0. The molecule has 1 rings (SSSR count). The third-order valence-corrected chi connectivity index (χ3v) is 5.59. The number of rotatable bonds is 8. The van der Waals surface area contributed by atoms with Gasteiger partial charge in [0.1, 0.15) is 0 Å². The monoisotopic (exact) mass is 605 g/mol. The van der Waals surface area contributed by atoms with Gasteiger partial charge in [0, 0.05) is 6.04 Å². The first kappa shape index (κ1) is 34.2. The molecule has 226 valence electrons. The highest BCUT2D eigenvalue weighted by Crippen LogP contribution is 2.56. The number of nitrogens with one attached hydrogen (secondary N) is 1. The van der Waals surface area contributed by atoms with E-state index in [4.69, 9.17) is 0 Å². The quantitative estimate of drug-likeness (QED) is 0.310. The Hall–Kier alpha value is -1.80. The summed E-state index contributed by atoms with van der Waals surface area (Å²) in [5, 5.41) is 1.17. The van der Waals surface area contributed by atoms with E-state index in [0.717, 1.165) is 0 Å². The molecule has 4 nitrogen and oxygen atoms in total. The van der Waals surface area contributed by atoms with Gasteiger partial charge in [-0.1, -0.05) is 13.8 Å². The molecule has 1 fully saturated rings. The van der Waals surface area contributed by atoms with Gasteiger partial charge in [-0.25, -0.2) is 0 Å². The number of hydrogen-bond donors (Lipinski definition) is 1. The highest BCUT2D eigenvalue weighted by Gasteiger charge is 2.85. The molecule has 0 spiro atoms. The molecule has 1 amide bonds. The standard InChI is InChI=1S/C17H16F17NO3/c1-6-3-4-8(5-7(6)2)35-9(36)10(18,13(22,23)24)37-17(33,34)12(21,15(28,29)30)38-16(31,32)11(19,20)14(25,26)27/h6-8H,3-5H2,1-2H3,(H,35,36)/t6-,7+,8+,10+,12-/m1/s1. The molecule has 1 aliphatic carbocycles. The maximum absolute atomic E-state index is 14.5. The number of hydrogen-bond acceptors (Lipinski definition) is 3. The second-order valence-corrected chi connectivity index (χ2v) is 8.43. The predicted molar refractivity (Wildman–Crippen MR) is 87.0 cm³/mol. The first-order valence-electron chi connectivity index (χ1n) is 9.89. The van der Waals surface area contributed by atoms with Crippen molar-refractivity contribution in [3.63, 3.8) is 0 Å². The topological polar surface area (TPSA) is 47.6 Å². The van der Waals surface area contributed by atoms with Crippen molar-refractivity contribution in [1.82, 2.24) is 5.32 Å².